The quantitative estimate of drug-likeness (QED) is 0.657. The number of carbonyl (C=O) groups excluding carboxylic acids is 3. The highest BCUT2D eigenvalue weighted by Crippen LogP contribution is 2.28. The van der Waals surface area contributed by atoms with Gasteiger partial charge in [-0.2, -0.15) is 0 Å². The van der Waals surface area contributed by atoms with Gasteiger partial charge in [-0.15, -0.1) is 0 Å². The zero-order chi connectivity index (χ0) is 20.7. The lowest BCUT2D eigenvalue weighted by molar-refractivity contribution is -0.143. The summed E-state index contributed by atoms with van der Waals surface area (Å²) in [6.45, 7) is 4.63. The molecule has 0 radical (unpaired) electrons. The summed E-state index contributed by atoms with van der Waals surface area (Å²) in [5.74, 6) is 0.178. The number of hydrogen-bond donors (Lipinski definition) is 0. The lowest BCUT2D eigenvalue weighted by Gasteiger charge is -2.32. The van der Waals surface area contributed by atoms with Crippen molar-refractivity contribution in [1.82, 2.24) is 9.80 Å². The third-order valence-electron chi connectivity index (χ3n) is 4.62. The van der Waals surface area contributed by atoms with Gasteiger partial charge in [0.25, 0.3) is 5.91 Å². The molecule has 154 valence electrons. The molecule has 2 amide bonds. The molecule has 2 rings (SSSR count). The molecule has 8 nitrogen and oxygen atoms in total. The van der Waals surface area contributed by atoms with Crippen molar-refractivity contribution < 1.29 is 28.6 Å². The molecule has 0 spiro atoms. The van der Waals surface area contributed by atoms with Crippen molar-refractivity contribution in [3.05, 3.63) is 23.8 Å². The lowest BCUT2D eigenvalue weighted by Crippen LogP contribution is -2.41. The summed E-state index contributed by atoms with van der Waals surface area (Å²) in [4.78, 5) is 39.1. The van der Waals surface area contributed by atoms with Gasteiger partial charge in [-0.05, 0) is 25.1 Å². The van der Waals surface area contributed by atoms with Crippen molar-refractivity contribution in [1.29, 1.82) is 0 Å². The number of esters is 1. The Morgan fingerprint density at radius 1 is 1.21 bits per heavy atom. The highest BCUT2D eigenvalue weighted by atomic mass is 16.5. The second-order valence-corrected chi connectivity index (χ2v) is 6.65. The van der Waals surface area contributed by atoms with Crippen LogP contribution in [0.25, 0.3) is 0 Å². The van der Waals surface area contributed by atoms with Gasteiger partial charge in [-0.25, -0.2) is 0 Å². The smallest absolute Gasteiger partial charge is 0.325 e. The van der Waals surface area contributed by atoms with Gasteiger partial charge in [0.2, 0.25) is 5.91 Å². The molecule has 0 aliphatic carbocycles. The van der Waals surface area contributed by atoms with Crippen LogP contribution >= 0.6 is 0 Å². The first-order chi connectivity index (χ1) is 13.3. The molecule has 0 unspecified atom stereocenters. The van der Waals surface area contributed by atoms with Gasteiger partial charge in [0.05, 0.1) is 19.3 Å². The molecule has 8 heteroatoms. The van der Waals surface area contributed by atoms with Crippen LogP contribution in [-0.2, 0) is 14.3 Å². The van der Waals surface area contributed by atoms with E-state index in [2.05, 4.69) is 0 Å². The van der Waals surface area contributed by atoms with E-state index < -0.39 is 5.97 Å². The topological polar surface area (TPSA) is 85.4 Å². The summed E-state index contributed by atoms with van der Waals surface area (Å²) in [6.07, 6.45) is 1.29. The summed E-state index contributed by atoms with van der Waals surface area (Å²) in [7, 11) is 3.05. The van der Waals surface area contributed by atoms with E-state index in [-0.39, 0.29) is 31.1 Å². The normalized spacial score (nSPS) is 14.4. The number of amides is 2. The standard InChI is InChI=1S/C20H28N2O6/c1-5-27-19(24)13-21(3)20(25)17-12-16(26-4)6-7-18(17)28-15-8-10-22(11-9-15)14(2)23/h6-7,12,15H,5,8-11,13H2,1-4H3. The van der Waals surface area contributed by atoms with Crippen molar-refractivity contribution in [2.24, 2.45) is 0 Å². The molecule has 1 aromatic rings. The number of ether oxygens (including phenoxy) is 3. The molecular weight excluding hydrogens is 364 g/mol. The number of rotatable bonds is 7. The van der Waals surface area contributed by atoms with E-state index >= 15 is 0 Å². The molecule has 0 saturated carbocycles. The predicted octanol–water partition coefficient (Wildman–Crippen LogP) is 1.72. The van der Waals surface area contributed by atoms with E-state index in [9.17, 15) is 14.4 Å². The van der Waals surface area contributed by atoms with Crippen LogP contribution in [-0.4, -0.2) is 74.1 Å². The minimum Gasteiger partial charge on any atom is -0.497 e. The minimum atomic E-state index is -0.472. The SMILES string of the molecule is CCOC(=O)CN(C)C(=O)c1cc(OC)ccc1OC1CCN(C(C)=O)CC1. The van der Waals surface area contributed by atoms with Gasteiger partial charge >= 0.3 is 5.97 Å². The van der Waals surface area contributed by atoms with E-state index in [1.165, 1.54) is 19.1 Å². The predicted molar refractivity (Wildman–Crippen MR) is 102 cm³/mol. The number of piperidine rings is 1. The molecule has 1 aliphatic rings. The van der Waals surface area contributed by atoms with Gasteiger partial charge in [0.1, 0.15) is 24.1 Å². The van der Waals surface area contributed by atoms with Crippen LogP contribution in [0, 0.1) is 0 Å². The number of carbonyl (C=O) groups is 3. The summed E-state index contributed by atoms with van der Waals surface area (Å²) in [5.41, 5.74) is 0.320. The van der Waals surface area contributed by atoms with Crippen molar-refractivity contribution in [3.63, 3.8) is 0 Å². The number of benzene rings is 1. The average Bonchev–Trinajstić information content (AvgIpc) is 2.68. The maximum Gasteiger partial charge on any atom is 0.325 e. The highest BCUT2D eigenvalue weighted by molar-refractivity contribution is 5.98. The molecule has 0 atom stereocenters. The largest absolute Gasteiger partial charge is 0.497 e. The Labute approximate surface area is 165 Å². The Morgan fingerprint density at radius 2 is 1.89 bits per heavy atom. The minimum absolute atomic E-state index is 0.0550. The van der Waals surface area contributed by atoms with Crippen molar-refractivity contribution in [2.45, 2.75) is 32.8 Å². The fourth-order valence-corrected chi connectivity index (χ4v) is 3.05. The van der Waals surface area contributed by atoms with Gasteiger partial charge in [-0.3, -0.25) is 14.4 Å². The maximum absolute atomic E-state index is 12.9. The van der Waals surface area contributed by atoms with E-state index in [1.54, 1.807) is 36.9 Å². The van der Waals surface area contributed by atoms with Gasteiger partial charge in [0, 0.05) is 39.9 Å². The molecule has 0 bridgehead atoms. The zero-order valence-corrected chi connectivity index (χ0v) is 16.9. The monoisotopic (exact) mass is 392 g/mol. The zero-order valence-electron chi connectivity index (χ0n) is 16.9. The van der Waals surface area contributed by atoms with Gasteiger partial charge < -0.3 is 24.0 Å². The molecule has 1 fully saturated rings. The third-order valence-corrected chi connectivity index (χ3v) is 4.62. The van der Waals surface area contributed by atoms with Crippen LogP contribution in [0.2, 0.25) is 0 Å². The fourth-order valence-electron chi connectivity index (χ4n) is 3.05. The van der Waals surface area contributed by atoms with Crippen molar-refractivity contribution in [3.8, 4) is 11.5 Å². The van der Waals surface area contributed by atoms with E-state index in [4.69, 9.17) is 14.2 Å². The Morgan fingerprint density at radius 3 is 2.46 bits per heavy atom. The number of likely N-dealkylation sites (N-methyl/N-ethyl adjacent to an activating group) is 1. The van der Waals surface area contributed by atoms with E-state index in [0.717, 1.165) is 0 Å². The molecule has 1 heterocycles. The third kappa shape index (κ3) is 5.61. The molecule has 1 aliphatic heterocycles. The second kappa shape index (κ2) is 9.96. The van der Waals surface area contributed by atoms with Crippen LogP contribution in [0.4, 0.5) is 0 Å². The highest BCUT2D eigenvalue weighted by Gasteiger charge is 2.25. The molecule has 0 N–H and O–H groups in total. The number of likely N-dealkylation sites (tertiary alicyclic amines) is 1. The van der Waals surface area contributed by atoms with Crippen LogP contribution in [0.3, 0.4) is 0 Å². The Kier molecular flexibility index (Phi) is 7.66. The first-order valence-corrected chi connectivity index (χ1v) is 9.37. The van der Waals surface area contributed by atoms with Crippen LogP contribution in [0.15, 0.2) is 18.2 Å². The number of nitrogens with zero attached hydrogens (tertiary/aromatic N) is 2. The van der Waals surface area contributed by atoms with Crippen LogP contribution < -0.4 is 9.47 Å². The summed E-state index contributed by atoms with van der Waals surface area (Å²) < 4.78 is 16.2. The Bertz CT molecular complexity index is 713. The summed E-state index contributed by atoms with van der Waals surface area (Å²) in [6, 6.07) is 5.02. The molecule has 1 saturated heterocycles. The summed E-state index contributed by atoms with van der Waals surface area (Å²) in [5, 5.41) is 0. The fraction of sp³-hybridized carbons (Fsp3) is 0.550. The van der Waals surface area contributed by atoms with Crippen molar-refractivity contribution >= 4 is 17.8 Å². The first kappa shape index (κ1) is 21.5. The Balaban J connectivity index is 2.13. The van der Waals surface area contributed by atoms with Crippen LogP contribution in [0.1, 0.15) is 37.0 Å². The maximum atomic E-state index is 12.9. The van der Waals surface area contributed by atoms with Crippen LogP contribution in [0.5, 0.6) is 11.5 Å². The Hall–Kier alpha value is -2.77. The second-order valence-electron chi connectivity index (χ2n) is 6.65. The number of methoxy groups -OCH3 is 1. The van der Waals surface area contributed by atoms with Crippen molar-refractivity contribution in [2.75, 3.05) is 40.4 Å². The van der Waals surface area contributed by atoms with Gasteiger partial charge in [0.15, 0.2) is 0 Å². The average molecular weight is 392 g/mol. The number of hydrogen-bond acceptors (Lipinski definition) is 6. The first-order valence-electron chi connectivity index (χ1n) is 9.37. The summed E-state index contributed by atoms with van der Waals surface area (Å²) >= 11 is 0. The molecule has 1 aromatic carbocycles. The molecular formula is C20H28N2O6. The van der Waals surface area contributed by atoms with E-state index in [0.29, 0.717) is 43.0 Å². The van der Waals surface area contributed by atoms with E-state index in [1.807, 2.05) is 0 Å². The lowest BCUT2D eigenvalue weighted by atomic mass is 10.1. The molecule has 0 aromatic heterocycles. The molecule has 28 heavy (non-hydrogen) atoms. The van der Waals surface area contributed by atoms with Gasteiger partial charge in [-0.1, -0.05) is 0 Å².